The fourth-order valence-electron chi connectivity index (χ4n) is 1.41. The first-order valence-corrected chi connectivity index (χ1v) is 3.77. The molecule has 1 nitrogen and oxygen atoms in total. The molecule has 0 aliphatic heterocycles. The average molecular weight is 185 g/mol. The van der Waals surface area contributed by atoms with Gasteiger partial charge in [0.1, 0.15) is 0 Å². The summed E-state index contributed by atoms with van der Waals surface area (Å²) in [7, 11) is 0. The van der Waals surface area contributed by atoms with Gasteiger partial charge >= 0.3 is 6.18 Å². The summed E-state index contributed by atoms with van der Waals surface area (Å²) in [6, 6.07) is -0.728. The lowest BCUT2D eigenvalue weighted by atomic mass is 9.92. The molecular weight excluding hydrogens is 174 g/mol. The molecule has 0 radical (unpaired) electrons. The summed E-state index contributed by atoms with van der Waals surface area (Å²) in [5.74, 6) is 0. The monoisotopic (exact) mass is 185 g/mol. The van der Waals surface area contributed by atoms with Gasteiger partial charge in [-0.05, 0) is 19.8 Å². The SMILES string of the molecule is CC(N)C1(C(F)C(F)(F)F)CC1. The molecule has 0 saturated heterocycles. The van der Waals surface area contributed by atoms with Crippen LogP contribution in [-0.4, -0.2) is 18.4 Å². The van der Waals surface area contributed by atoms with E-state index in [4.69, 9.17) is 5.73 Å². The molecule has 0 aromatic rings. The number of hydrogen-bond donors (Lipinski definition) is 1. The molecule has 2 N–H and O–H groups in total. The molecule has 0 aromatic heterocycles. The zero-order valence-electron chi connectivity index (χ0n) is 6.66. The zero-order chi connectivity index (χ0) is 9.57. The summed E-state index contributed by atoms with van der Waals surface area (Å²) in [6.45, 7) is 1.42. The summed E-state index contributed by atoms with van der Waals surface area (Å²) in [6.07, 6.45) is -7.04. The van der Waals surface area contributed by atoms with Crippen molar-refractivity contribution in [2.75, 3.05) is 0 Å². The first-order chi connectivity index (χ1) is 5.31. The van der Waals surface area contributed by atoms with Crippen LogP contribution in [0.4, 0.5) is 17.6 Å². The highest BCUT2D eigenvalue weighted by Gasteiger charge is 2.62. The summed E-state index contributed by atoms with van der Waals surface area (Å²) in [4.78, 5) is 0. The van der Waals surface area contributed by atoms with Crippen LogP contribution in [0, 0.1) is 5.41 Å². The van der Waals surface area contributed by atoms with E-state index < -0.39 is 23.8 Å². The van der Waals surface area contributed by atoms with Gasteiger partial charge in [0.05, 0.1) is 0 Å². The minimum absolute atomic E-state index is 0.241. The van der Waals surface area contributed by atoms with E-state index in [0.717, 1.165) is 0 Å². The molecule has 0 bridgehead atoms. The second-order valence-corrected chi connectivity index (χ2v) is 3.43. The lowest BCUT2D eigenvalue weighted by molar-refractivity contribution is -0.200. The van der Waals surface area contributed by atoms with Crippen molar-refractivity contribution < 1.29 is 17.6 Å². The van der Waals surface area contributed by atoms with Gasteiger partial charge in [0.15, 0.2) is 0 Å². The van der Waals surface area contributed by atoms with Gasteiger partial charge in [-0.1, -0.05) is 0 Å². The molecule has 1 rings (SSSR count). The van der Waals surface area contributed by atoms with Gasteiger partial charge in [0.25, 0.3) is 0 Å². The van der Waals surface area contributed by atoms with Crippen LogP contribution in [0.5, 0.6) is 0 Å². The number of halogens is 4. The molecule has 1 saturated carbocycles. The molecule has 2 unspecified atom stereocenters. The molecule has 72 valence electrons. The summed E-state index contributed by atoms with van der Waals surface area (Å²) < 4.78 is 48.5. The van der Waals surface area contributed by atoms with Gasteiger partial charge in [-0.25, -0.2) is 4.39 Å². The van der Waals surface area contributed by atoms with E-state index in [1.807, 2.05) is 0 Å². The van der Waals surface area contributed by atoms with Crippen molar-refractivity contribution in [1.29, 1.82) is 0 Å². The van der Waals surface area contributed by atoms with E-state index in [-0.39, 0.29) is 12.8 Å². The van der Waals surface area contributed by atoms with Crippen LogP contribution in [0.1, 0.15) is 19.8 Å². The predicted molar refractivity (Wildman–Crippen MR) is 36.3 cm³/mol. The largest absolute Gasteiger partial charge is 0.420 e. The number of alkyl halides is 4. The predicted octanol–water partition coefficient (Wildman–Crippen LogP) is 2.01. The zero-order valence-corrected chi connectivity index (χ0v) is 6.66. The third kappa shape index (κ3) is 1.42. The van der Waals surface area contributed by atoms with Crippen molar-refractivity contribution in [2.24, 2.45) is 11.1 Å². The molecule has 5 heteroatoms. The van der Waals surface area contributed by atoms with Crippen molar-refractivity contribution >= 4 is 0 Å². The molecule has 1 fully saturated rings. The van der Waals surface area contributed by atoms with E-state index in [0.29, 0.717) is 0 Å². The maximum absolute atomic E-state index is 12.8. The highest BCUT2D eigenvalue weighted by molar-refractivity contribution is 5.06. The Balaban J connectivity index is 2.70. The molecule has 0 amide bonds. The van der Waals surface area contributed by atoms with Crippen molar-refractivity contribution in [1.82, 2.24) is 0 Å². The molecule has 12 heavy (non-hydrogen) atoms. The second kappa shape index (κ2) is 2.58. The minimum Gasteiger partial charge on any atom is -0.327 e. The third-order valence-corrected chi connectivity index (χ3v) is 2.53. The van der Waals surface area contributed by atoms with Gasteiger partial charge in [0.2, 0.25) is 6.17 Å². The number of nitrogens with two attached hydrogens (primary N) is 1. The maximum Gasteiger partial charge on any atom is 0.420 e. The Morgan fingerprint density at radius 3 is 1.83 bits per heavy atom. The normalized spacial score (nSPS) is 26.5. The molecule has 1 aliphatic carbocycles. The van der Waals surface area contributed by atoms with E-state index in [1.165, 1.54) is 6.92 Å². The van der Waals surface area contributed by atoms with Crippen LogP contribution in [0.25, 0.3) is 0 Å². The number of rotatable bonds is 2. The fraction of sp³-hybridized carbons (Fsp3) is 1.00. The van der Waals surface area contributed by atoms with Crippen LogP contribution >= 0.6 is 0 Å². The van der Waals surface area contributed by atoms with Gasteiger partial charge in [-0.2, -0.15) is 13.2 Å². The highest BCUT2D eigenvalue weighted by Crippen LogP contribution is 2.56. The summed E-state index contributed by atoms with van der Waals surface area (Å²) >= 11 is 0. The Morgan fingerprint density at radius 1 is 1.33 bits per heavy atom. The van der Waals surface area contributed by atoms with Crippen LogP contribution in [0.15, 0.2) is 0 Å². The average Bonchev–Trinajstić information content (AvgIpc) is 2.62. The first kappa shape index (κ1) is 9.77. The van der Waals surface area contributed by atoms with Crippen molar-refractivity contribution in [3.63, 3.8) is 0 Å². The van der Waals surface area contributed by atoms with E-state index in [2.05, 4.69) is 0 Å². The highest BCUT2D eigenvalue weighted by atomic mass is 19.4. The summed E-state index contributed by atoms with van der Waals surface area (Å²) in [5.41, 5.74) is 3.97. The Morgan fingerprint density at radius 2 is 1.75 bits per heavy atom. The third-order valence-electron chi connectivity index (χ3n) is 2.53. The Hall–Kier alpha value is -0.320. The second-order valence-electron chi connectivity index (χ2n) is 3.43. The standard InChI is InChI=1S/C7H11F4N/c1-4(12)6(2-3-6)5(8)7(9,10)11/h4-5H,2-3,12H2,1H3. The van der Waals surface area contributed by atoms with Crippen LogP contribution in [-0.2, 0) is 0 Å². The van der Waals surface area contributed by atoms with Crippen LogP contribution in [0.2, 0.25) is 0 Å². The van der Waals surface area contributed by atoms with Gasteiger partial charge in [-0.3, -0.25) is 0 Å². The van der Waals surface area contributed by atoms with E-state index in [1.54, 1.807) is 0 Å². The first-order valence-electron chi connectivity index (χ1n) is 3.77. The van der Waals surface area contributed by atoms with E-state index in [9.17, 15) is 17.6 Å². The summed E-state index contributed by atoms with van der Waals surface area (Å²) in [5, 5.41) is 0. The Bertz CT molecular complexity index is 171. The molecule has 0 heterocycles. The van der Waals surface area contributed by atoms with Crippen LogP contribution in [0.3, 0.4) is 0 Å². The lowest BCUT2D eigenvalue weighted by Gasteiger charge is -2.25. The molecule has 0 spiro atoms. The number of hydrogen-bond acceptors (Lipinski definition) is 1. The molecule has 1 aliphatic rings. The smallest absolute Gasteiger partial charge is 0.327 e. The van der Waals surface area contributed by atoms with Crippen LogP contribution < -0.4 is 5.73 Å². The van der Waals surface area contributed by atoms with Gasteiger partial charge < -0.3 is 5.73 Å². The molecule has 0 aromatic carbocycles. The van der Waals surface area contributed by atoms with Crippen molar-refractivity contribution in [3.8, 4) is 0 Å². The van der Waals surface area contributed by atoms with Gasteiger partial charge in [-0.15, -0.1) is 0 Å². The van der Waals surface area contributed by atoms with Crippen molar-refractivity contribution in [3.05, 3.63) is 0 Å². The fourth-order valence-corrected chi connectivity index (χ4v) is 1.41. The quantitative estimate of drug-likeness (QED) is 0.654. The minimum atomic E-state index is -4.76. The lowest BCUT2D eigenvalue weighted by Crippen LogP contribution is -2.43. The topological polar surface area (TPSA) is 26.0 Å². The maximum atomic E-state index is 12.8. The van der Waals surface area contributed by atoms with Gasteiger partial charge in [0, 0.05) is 11.5 Å². The Kier molecular flexibility index (Phi) is 2.10. The van der Waals surface area contributed by atoms with E-state index >= 15 is 0 Å². The molecular formula is C7H11F4N. The molecule has 2 atom stereocenters. The Labute approximate surface area is 67.9 Å². The van der Waals surface area contributed by atoms with Crippen molar-refractivity contribution in [2.45, 2.75) is 38.2 Å².